The minimum Gasteiger partial charge on any atom is -0.352 e. The molecule has 0 unspecified atom stereocenters. The molecule has 0 spiro atoms. The van der Waals surface area contributed by atoms with Crippen molar-refractivity contribution < 1.29 is 0 Å². The largest absolute Gasteiger partial charge is 0.352 e. The number of aromatic nitrogens is 4. The summed E-state index contributed by atoms with van der Waals surface area (Å²) in [5.41, 5.74) is 2.70. The normalized spacial score (nSPS) is 10.9. The van der Waals surface area contributed by atoms with Gasteiger partial charge in [-0.15, -0.1) is 0 Å². The zero-order valence-corrected chi connectivity index (χ0v) is 11.3. The van der Waals surface area contributed by atoms with Gasteiger partial charge in [0.15, 0.2) is 0 Å². The van der Waals surface area contributed by atoms with Crippen molar-refractivity contribution in [3.05, 3.63) is 52.1 Å². The summed E-state index contributed by atoms with van der Waals surface area (Å²) in [5.74, 6) is 0.469. The van der Waals surface area contributed by atoms with Crippen LogP contribution in [0, 0.1) is 6.92 Å². The van der Waals surface area contributed by atoms with Gasteiger partial charge in [0.1, 0.15) is 0 Å². The number of hydrogen-bond acceptors (Lipinski definition) is 4. The van der Waals surface area contributed by atoms with E-state index in [2.05, 4.69) is 20.4 Å². The van der Waals surface area contributed by atoms with E-state index in [0.717, 1.165) is 11.3 Å². The highest BCUT2D eigenvalue weighted by Gasteiger charge is 2.06. The highest BCUT2D eigenvalue weighted by atomic mass is 16.1. The molecule has 0 aliphatic rings. The lowest BCUT2D eigenvalue weighted by Crippen LogP contribution is -2.13. The molecule has 0 bridgehead atoms. The van der Waals surface area contributed by atoms with Crippen LogP contribution in [-0.2, 0) is 13.6 Å². The van der Waals surface area contributed by atoms with E-state index in [9.17, 15) is 4.79 Å². The maximum atomic E-state index is 11.9. The minimum absolute atomic E-state index is 0.138. The number of benzene rings is 1. The van der Waals surface area contributed by atoms with Crippen LogP contribution in [0.2, 0.25) is 0 Å². The van der Waals surface area contributed by atoms with Crippen LogP contribution in [0.15, 0.2) is 35.3 Å². The summed E-state index contributed by atoms with van der Waals surface area (Å²) in [4.78, 5) is 19.1. The Morgan fingerprint density at radius 1 is 1.35 bits per heavy atom. The Bertz CT molecular complexity index is 818. The molecule has 0 atom stereocenters. The predicted octanol–water partition coefficient (Wildman–Crippen LogP) is 1.58. The zero-order valence-electron chi connectivity index (χ0n) is 11.3. The Hall–Kier alpha value is -2.63. The number of aromatic amines is 1. The van der Waals surface area contributed by atoms with E-state index in [1.807, 2.05) is 43.0 Å². The highest BCUT2D eigenvalue weighted by molar-refractivity contribution is 5.78. The number of hydrogen-bond donors (Lipinski definition) is 2. The number of aryl methyl sites for hydroxylation is 1. The molecule has 102 valence electrons. The van der Waals surface area contributed by atoms with Crippen molar-refractivity contribution in [2.75, 3.05) is 5.32 Å². The number of nitrogens with zero attached hydrogens (tertiary/aromatic N) is 3. The van der Waals surface area contributed by atoms with E-state index >= 15 is 0 Å². The van der Waals surface area contributed by atoms with Gasteiger partial charge in [0.25, 0.3) is 5.56 Å². The van der Waals surface area contributed by atoms with Gasteiger partial charge in [-0.25, -0.2) is 4.98 Å². The van der Waals surface area contributed by atoms with Gasteiger partial charge in [0.2, 0.25) is 5.95 Å². The van der Waals surface area contributed by atoms with Crippen molar-refractivity contribution in [3.63, 3.8) is 0 Å². The van der Waals surface area contributed by atoms with Crippen LogP contribution in [0.4, 0.5) is 5.95 Å². The SMILES string of the molecule is Cc1c(CNc2nc3ccccc3c(=O)[nH]2)cnn1C. The Kier molecular flexibility index (Phi) is 2.98. The Morgan fingerprint density at radius 3 is 2.90 bits per heavy atom. The molecule has 3 rings (SSSR count). The third kappa shape index (κ3) is 2.16. The molecule has 0 saturated heterocycles. The van der Waals surface area contributed by atoms with Crippen molar-refractivity contribution in [2.45, 2.75) is 13.5 Å². The van der Waals surface area contributed by atoms with Crippen molar-refractivity contribution in [1.29, 1.82) is 0 Å². The quantitative estimate of drug-likeness (QED) is 0.757. The molecule has 1 aromatic carbocycles. The van der Waals surface area contributed by atoms with Crippen LogP contribution >= 0.6 is 0 Å². The van der Waals surface area contributed by atoms with E-state index in [1.54, 1.807) is 6.07 Å². The highest BCUT2D eigenvalue weighted by Crippen LogP contribution is 2.10. The average molecular weight is 269 g/mol. The van der Waals surface area contributed by atoms with Crippen LogP contribution in [0.25, 0.3) is 10.9 Å². The first-order chi connectivity index (χ1) is 9.65. The number of nitrogens with one attached hydrogen (secondary N) is 2. The molecule has 0 radical (unpaired) electrons. The number of fused-ring (bicyclic) bond motifs is 1. The zero-order chi connectivity index (χ0) is 14.1. The summed E-state index contributed by atoms with van der Waals surface area (Å²) in [6, 6.07) is 7.27. The summed E-state index contributed by atoms with van der Waals surface area (Å²) >= 11 is 0. The van der Waals surface area contributed by atoms with Crippen LogP contribution < -0.4 is 10.9 Å². The second-order valence-electron chi connectivity index (χ2n) is 4.66. The summed E-state index contributed by atoms with van der Waals surface area (Å²) in [7, 11) is 1.90. The van der Waals surface area contributed by atoms with E-state index in [1.165, 1.54) is 0 Å². The van der Waals surface area contributed by atoms with Crippen LogP contribution in [-0.4, -0.2) is 19.7 Å². The first kappa shape index (κ1) is 12.4. The number of H-pyrrole nitrogens is 1. The second kappa shape index (κ2) is 4.80. The molecule has 2 aromatic heterocycles. The van der Waals surface area contributed by atoms with Gasteiger partial charge in [-0.2, -0.15) is 5.10 Å². The fraction of sp³-hybridized carbons (Fsp3) is 0.214. The van der Waals surface area contributed by atoms with Crippen LogP contribution in [0.1, 0.15) is 11.3 Å². The molecule has 20 heavy (non-hydrogen) atoms. The first-order valence-corrected chi connectivity index (χ1v) is 6.35. The summed E-state index contributed by atoms with van der Waals surface area (Å²) < 4.78 is 1.81. The molecule has 0 fully saturated rings. The number of para-hydroxylation sites is 1. The van der Waals surface area contributed by atoms with Crippen LogP contribution in [0.3, 0.4) is 0 Å². The molecule has 2 N–H and O–H groups in total. The van der Waals surface area contributed by atoms with Gasteiger partial charge in [0.05, 0.1) is 17.1 Å². The number of rotatable bonds is 3. The molecule has 6 heteroatoms. The standard InChI is InChI=1S/C14H15N5O/c1-9-10(8-16-19(9)2)7-15-14-17-12-6-4-3-5-11(12)13(20)18-14/h3-6,8H,7H2,1-2H3,(H2,15,17,18,20). The van der Waals surface area contributed by atoms with Crippen molar-refractivity contribution >= 4 is 16.9 Å². The molecule has 6 nitrogen and oxygen atoms in total. The summed E-state index contributed by atoms with van der Waals surface area (Å²) in [6.07, 6.45) is 1.81. The van der Waals surface area contributed by atoms with Gasteiger partial charge in [-0.1, -0.05) is 12.1 Å². The smallest absolute Gasteiger partial charge is 0.260 e. The second-order valence-corrected chi connectivity index (χ2v) is 4.66. The Labute approximate surface area is 115 Å². The third-order valence-electron chi connectivity index (χ3n) is 3.40. The van der Waals surface area contributed by atoms with Crippen molar-refractivity contribution in [3.8, 4) is 0 Å². The fourth-order valence-electron chi connectivity index (χ4n) is 2.07. The maximum absolute atomic E-state index is 11.9. The molecular formula is C14H15N5O. The van der Waals surface area contributed by atoms with E-state index in [4.69, 9.17) is 0 Å². The van der Waals surface area contributed by atoms with Crippen molar-refractivity contribution in [2.24, 2.45) is 7.05 Å². The van der Waals surface area contributed by atoms with E-state index < -0.39 is 0 Å². The average Bonchev–Trinajstić information content (AvgIpc) is 2.77. The van der Waals surface area contributed by atoms with Crippen molar-refractivity contribution in [1.82, 2.24) is 19.7 Å². The molecular weight excluding hydrogens is 254 g/mol. The minimum atomic E-state index is -0.138. The van der Waals surface area contributed by atoms with Gasteiger partial charge >= 0.3 is 0 Å². The predicted molar refractivity (Wildman–Crippen MR) is 77.6 cm³/mol. The molecule has 2 heterocycles. The van der Waals surface area contributed by atoms with Gasteiger partial charge < -0.3 is 5.32 Å². The third-order valence-corrected chi connectivity index (χ3v) is 3.40. The van der Waals surface area contributed by atoms with Gasteiger partial charge in [0, 0.05) is 24.8 Å². The summed E-state index contributed by atoms with van der Waals surface area (Å²) in [6.45, 7) is 2.57. The first-order valence-electron chi connectivity index (χ1n) is 6.35. The molecule has 0 amide bonds. The lowest BCUT2D eigenvalue weighted by molar-refractivity contribution is 0.738. The monoisotopic (exact) mass is 269 g/mol. The van der Waals surface area contributed by atoms with E-state index in [-0.39, 0.29) is 5.56 Å². The lowest BCUT2D eigenvalue weighted by Gasteiger charge is -2.06. The lowest BCUT2D eigenvalue weighted by atomic mass is 10.2. The Morgan fingerprint density at radius 2 is 2.15 bits per heavy atom. The molecule has 0 aliphatic heterocycles. The summed E-state index contributed by atoms with van der Waals surface area (Å²) in [5, 5.41) is 7.90. The maximum Gasteiger partial charge on any atom is 0.260 e. The van der Waals surface area contributed by atoms with Gasteiger partial charge in [-0.05, 0) is 19.1 Å². The molecule has 0 saturated carbocycles. The van der Waals surface area contributed by atoms with Gasteiger partial charge in [-0.3, -0.25) is 14.5 Å². The number of anilines is 1. The Balaban J connectivity index is 1.88. The fourth-order valence-corrected chi connectivity index (χ4v) is 2.07. The molecule has 0 aliphatic carbocycles. The van der Waals surface area contributed by atoms with Crippen LogP contribution in [0.5, 0.6) is 0 Å². The molecule has 3 aromatic rings. The topological polar surface area (TPSA) is 75.6 Å². The van der Waals surface area contributed by atoms with E-state index in [0.29, 0.717) is 23.4 Å².